The van der Waals surface area contributed by atoms with E-state index < -0.39 is 11.0 Å². The summed E-state index contributed by atoms with van der Waals surface area (Å²) in [6, 6.07) is 24.5. The first-order chi connectivity index (χ1) is 20.5. The van der Waals surface area contributed by atoms with Crippen LogP contribution in [-0.4, -0.2) is 61.2 Å². The average molecular weight is 565 g/mol. The van der Waals surface area contributed by atoms with Crippen LogP contribution in [0.5, 0.6) is 0 Å². The van der Waals surface area contributed by atoms with Gasteiger partial charge in [-0.2, -0.15) is 0 Å². The number of hydrogen-bond donors (Lipinski definition) is 1. The number of nitrogens with zero attached hydrogens (tertiary/aromatic N) is 7. The number of piperazine rings is 1. The Morgan fingerprint density at radius 2 is 1.71 bits per heavy atom. The highest BCUT2D eigenvalue weighted by molar-refractivity contribution is 5.80. The molecule has 3 heterocycles. The van der Waals surface area contributed by atoms with Crippen LogP contribution in [0.15, 0.2) is 83.7 Å². The molecule has 11 nitrogen and oxygen atoms in total. The number of aromatic amines is 1. The molecular formula is C31H32N8O3. The van der Waals surface area contributed by atoms with Crippen molar-refractivity contribution in [3.05, 3.63) is 122 Å². The predicted octanol–water partition coefficient (Wildman–Crippen LogP) is 4.14. The molecule has 5 aromatic rings. The van der Waals surface area contributed by atoms with Gasteiger partial charge in [-0.3, -0.25) is 19.8 Å². The maximum absolute atomic E-state index is 13.6. The lowest BCUT2D eigenvalue weighted by molar-refractivity contribution is -0.384. The maximum atomic E-state index is 13.6. The minimum atomic E-state index is -0.451. The molecule has 11 heteroatoms. The number of nitro groups is 1. The molecule has 1 atom stereocenters. The quantitative estimate of drug-likeness (QED) is 0.209. The summed E-state index contributed by atoms with van der Waals surface area (Å²) < 4.78 is 1.81. The summed E-state index contributed by atoms with van der Waals surface area (Å²) in [5.74, 6) is 0.631. The topological polar surface area (TPSA) is 126 Å². The Morgan fingerprint density at radius 3 is 2.43 bits per heavy atom. The van der Waals surface area contributed by atoms with Crippen molar-refractivity contribution >= 4 is 22.3 Å². The van der Waals surface area contributed by atoms with Gasteiger partial charge in [0.2, 0.25) is 0 Å². The van der Waals surface area contributed by atoms with Crippen LogP contribution < -0.4 is 10.5 Å². The van der Waals surface area contributed by atoms with E-state index in [0.717, 1.165) is 29.4 Å². The molecule has 0 saturated carbocycles. The molecule has 1 aliphatic heterocycles. The first-order valence-electron chi connectivity index (χ1n) is 14.2. The van der Waals surface area contributed by atoms with Gasteiger partial charge in [-0.05, 0) is 70.1 Å². The number of fused-ring (bicyclic) bond motifs is 1. The van der Waals surface area contributed by atoms with Crippen LogP contribution in [0.2, 0.25) is 0 Å². The van der Waals surface area contributed by atoms with E-state index in [1.54, 1.807) is 12.1 Å². The number of hydrogen-bond acceptors (Lipinski definition) is 8. The molecule has 6 rings (SSSR count). The second-order valence-electron chi connectivity index (χ2n) is 10.5. The zero-order chi connectivity index (χ0) is 29.1. The Hall–Kier alpha value is -4.90. The van der Waals surface area contributed by atoms with Gasteiger partial charge >= 0.3 is 0 Å². The molecule has 0 radical (unpaired) electrons. The number of aromatic nitrogens is 5. The lowest BCUT2D eigenvalue weighted by atomic mass is 10.0. The molecule has 0 unspecified atom stereocenters. The van der Waals surface area contributed by atoms with E-state index in [4.69, 9.17) is 0 Å². The van der Waals surface area contributed by atoms with Gasteiger partial charge < -0.3 is 9.88 Å². The van der Waals surface area contributed by atoms with Gasteiger partial charge in [0.05, 0.1) is 4.92 Å². The molecule has 0 bridgehead atoms. The molecule has 1 aliphatic rings. The van der Waals surface area contributed by atoms with Crippen molar-refractivity contribution in [1.82, 2.24) is 30.1 Å². The summed E-state index contributed by atoms with van der Waals surface area (Å²) >= 11 is 0. The highest BCUT2D eigenvalue weighted by Gasteiger charge is 2.33. The number of aryl methyl sites for hydroxylation is 3. The highest BCUT2D eigenvalue weighted by Crippen LogP contribution is 2.30. The average Bonchev–Trinajstić information content (AvgIpc) is 3.49. The van der Waals surface area contributed by atoms with Crippen LogP contribution in [-0.2, 0) is 19.4 Å². The van der Waals surface area contributed by atoms with Crippen LogP contribution in [0.1, 0.15) is 35.5 Å². The van der Waals surface area contributed by atoms with Crippen LogP contribution in [0.3, 0.4) is 0 Å². The van der Waals surface area contributed by atoms with E-state index in [2.05, 4.69) is 55.4 Å². The van der Waals surface area contributed by atoms with Crippen molar-refractivity contribution in [3.8, 4) is 0 Å². The number of nitrogens with one attached hydrogen (secondary N) is 1. The van der Waals surface area contributed by atoms with Crippen molar-refractivity contribution in [2.75, 3.05) is 31.1 Å². The van der Waals surface area contributed by atoms with E-state index in [1.165, 1.54) is 23.3 Å². The Bertz CT molecular complexity index is 1740. The zero-order valence-corrected chi connectivity index (χ0v) is 23.4. The normalized spacial score (nSPS) is 14.7. The van der Waals surface area contributed by atoms with E-state index in [9.17, 15) is 14.9 Å². The maximum Gasteiger partial charge on any atom is 0.269 e. The smallest absolute Gasteiger partial charge is 0.269 e. The van der Waals surface area contributed by atoms with Crippen molar-refractivity contribution in [2.24, 2.45) is 0 Å². The monoisotopic (exact) mass is 564 g/mol. The molecule has 214 valence electrons. The number of tetrazole rings is 1. The third-order valence-electron chi connectivity index (χ3n) is 8.00. The van der Waals surface area contributed by atoms with Gasteiger partial charge in [-0.25, -0.2) is 4.68 Å². The highest BCUT2D eigenvalue weighted by atomic mass is 16.6. The van der Waals surface area contributed by atoms with Crippen LogP contribution in [0.25, 0.3) is 10.9 Å². The molecule has 1 saturated heterocycles. The minimum Gasteiger partial charge on any atom is -0.369 e. The van der Waals surface area contributed by atoms with E-state index >= 15 is 0 Å². The number of rotatable bonds is 9. The van der Waals surface area contributed by atoms with Crippen molar-refractivity contribution in [1.29, 1.82) is 0 Å². The standard InChI is InChI=1S/C31H32N8O3/c1-2-22-8-13-28-24(20-22)21-27(31(40)32-28)29(30-33-34-35-38(30)15-14-23-6-4-3-5-7-23)37-18-16-36(17-19-37)25-9-11-26(12-10-25)39(41)42/h3-13,20-21,29H,2,14-19H2,1H3,(H,32,40)/t29-/m0/s1. The first-order valence-corrected chi connectivity index (χ1v) is 14.2. The summed E-state index contributed by atoms with van der Waals surface area (Å²) in [6.07, 6.45) is 1.66. The molecule has 0 amide bonds. The fourth-order valence-corrected chi connectivity index (χ4v) is 5.66. The van der Waals surface area contributed by atoms with Gasteiger partial charge in [0.1, 0.15) is 6.04 Å². The van der Waals surface area contributed by atoms with Crippen LogP contribution in [0, 0.1) is 10.1 Å². The van der Waals surface area contributed by atoms with Crippen molar-refractivity contribution < 1.29 is 4.92 Å². The van der Waals surface area contributed by atoms with Gasteiger partial charge in [0.25, 0.3) is 11.2 Å². The lowest BCUT2D eigenvalue weighted by Crippen LogP contribution is -2.49. The second-order valence-corrected chi connectivity index (χ2v) is 10.5. The van der Waals surface area contributed by atoms with Crippen molar-refractivity contribution in [3.63, 3.8) is 0 Å². The second kappa shape index (κ2) is 11.9. The summed E-state index contributed by atoms with van der Waals surface area (Å²) in [6.45, 7) is 5.37. The molecular weight excluding hydrogens is 532 g/mol. The number of nitro benzene ring substituents is 1. The number of benzene rings is 3. The van der Waals surface area contributed by atoms with E-state index in [-0.39, 0.29) is 11.2 Å². The molecule has 2 aromatic heterocycles. The summed E-state index contributed by atoms with van der Waals surface area (Å²) in [5, 5.41) is 24.9. The van der Waals surface area contributed by atoms with Gasteiger partial charge in [-0.1, -0.05) is 43.3 Å². The van der Waals surface area contributed by atoms with Crippen LogP contribution in [0.4, 0.5) is 11.4 Å². The predicted molar refractivity (Wildman–Crippen MR) is 161 cm³/mol. The van der Waals surface area contributed by atoms with Gasteiger partial charge in [0, 0.05) is 61.6 Å². The minimum absolute atomic E-state index is 0.0709. The third-order valence-corrected chi connectivity index (χ3v) is 8.00. The summed E-state index contributed by atoms with van der Waals surface area (Å²) in [4.78, 5) is 31.9. The number of anilines is 1. The molecule has 1 N–H and O–H groups in total. The third kappa shape index (κ3) is 5.64. The SMILES string of the molecule is CCc1ccc2[nH]c(=O)c([C@@H](c3nnnn3CCc3ccccc3)N3CCN(c4ccc([N+](=O)[O-])cc4)CC3)cc2c1. The first kappa shape index (κ1) is 27.3. The van der Waals surface area contributed by atoms with Crippen molar-refractivity contribution in [2.45, 2.75) is 32.4 Å². The summed E-state index contributed by atoms with van der Waals surface area (Å²) in [7, 11) is 0. The molecule has 0 spiro atoms. The Kier molecular flexibility index (Phi) is 7.74. The van der Waals surface area contributed by atoms with E-state index in [1.807, 2.05) is 41.1 Å². The van der Waals surface area contributed by atoms with Gasteiger partial charge in [0.15, 0.2) is 5.82 Å². The molecule has 3 aromatic carbocycles. The fraction of sp³-hybridized carbons (Fsp3) is 0.290. The molecule has 0 aliphatic carbocycles. The number of H-pyrrole nitrogens is 1. The number of pyridine rings is 1. The Balaban J connectivity index is 1.33. The van der Waals surface area contributed by atoms with Crippen LogP contribution >= 0.6 is 0 Å². The largest absolute Gasteiger partial charge is 0.369 e. The van der Waals surface area contributed by atoms with Gasteiger partial charge in [-0.15, -0.1) is 5.10 Å². The summed E-state index contributed by atoms with van der Waals surface area (Å²) in [5.41, 5.74) is 4.62. The molecule has 42 heavy (non-hydrogen) atoms. The molecule has 1 fully saturated rings. The lowest BCUT2D eigenvalue weighted by Gasteiger charge is -2.39. The van der Waals surface area contributed by atoms with E-state index in [0.29, 0.717) is 44.1 Å². The Morgan fingerprint density at radius 1 is 0.952 bits per heavy atom. The number of non-ortho nitro benzene ring substituents is 1. The zero-order valence-electron chi connectivity index (χ0n) is 23.4. The Labute approximate surface area is 242 Å². The fourth-order valence-electron chi connectivity index (χ4n) is 5.66.